The van der Waals surface area contributed by atoms with Gasteiger partial charge in [-0.05, 0) is 36.4 Å². The van der Waals surface area contributed by atoms with E-state index in [1.54, 1.807) is 91.0 Å². The van der Waals surface area contributed by atoms with Crippen molar-refractivity contribution >= 4 is 23.8 Å². The maximum atomic E-state index is 12.6. The molecule has 0 saturated heterocycles. The van der Waals surface area contributed by atoms with Gasteiger partial charge < -0.3 is 20.5 Å². The highest BCUT2D eigenvalue weighted by Crippen LogP contribution is 2.13. The number of carboxylic acid groups (broad SMARTS) is 1. The molecule has 0 aliphatic rings. The third-order valence-corrected chi connectivity index (χ3v) is 5.21. The summed E-state index contributed by atoms with van der Waals surface area (Å²) in [6.07, 6.45) is -0.897. The second-order valence-corrected chi connectivity index (χ2v) is 7.77. The summed E-state index contributed by atoms with van der Waals surface area (Å²) < 4.78 is 5.59. The molecule has 0 saturated carbocycles. The van der Waals surface area contributed by atoms with Gasteiger partial charge in [-0.1, -0.05) is 54.6 Å². The van der Waals surface area contributed by atoms with Crippen LogP contribution in [0.3, 0.4) is 0 Å². The van der Waals surface area contributed by atoms with Crippen LogP contribution in [0.5, 0.6) is 0 Å². The zero-order chi connectivity index (χ0) is 25.0. The van der Waals surface area contributed by atoms with Crippen LogP contribution in [0.4, 0.5) is 0 Å². The number of benzene rings is 3. The Bertz CT molecular complexity index is 1140. The van der Waals surface area contributed by atoms with Crippen LogP contribution >= 0.6 is 0 Å². The lowest BCUT2D eigenvalue weighted by Gasteiger charge is -2.23. The molecule has 0 fully saturated rings. The molecular weight excluding hydrogens is 448 g/mol. The molecular formula is C27H26N2O6. The summed E-state index contributed by atoms with van der Waals surface area (Å²) in [4.78, 5) is 49.4. The van der Waals surface area contributed by atoms with Gasteiger partial charge in [-0.15, -0.1) is 0 Å². The van der Waals surface area contributed by atoms with Crippen molar-refractivity contribution in [3.05, 3.63) is 108 Å². The molecule has 0 aromatic heterocycles. The molecule has 3 aromatic rings. The first-order chi connectivity index (χ1) is 16.9. The minimum absolute atomic E-state index is 0.138. The number of hydrogen-bond donors (Lipinski definition) is 3. The zero-order valence-electron chi connectivity index (χ0n) is 18.9. The molecule has 0 heterocycles. The van der Waals surface area contributed by atoms with Crippen molar-refractivity contribution in [2.45, 2.75) is 25.0 Å². The Morgan fingerprint density at radius 1 is 0.714 bits per heavy atom. The Balaban J connectivity index is 1.68. The third-order valence-electron chi connectivity index (χ3n) is 5.21. The van der Waals surface area contributed by atoms with Crippen LogP contribution in [0.15, 0.2) is 91.0 Å². The monoisotopic (exact) mass is 474 g/mol. The maximum absolute atomic E-state index is 12.6. The number of aliphatic carboxylic acids is 1. The molecule has 0 aliphatic heterocycles. The largest absolute Gasteiger partial charge is 0.480 e. The molecule has 0 radical (unpaired) electrons. The fourth-order valence-corrected chi connectivity index (χ4v) is 3.37. The van der Waals surface area contributed by atoms with Crippen LogP contribution in [-0.4, -0.2) is 47.6 Å². The average molecular weight is 475 g/mol. The first-order valence-electron chi connectivity index (χ1n) is 11.1. The molecule has 8 nitrogen and oxygen atoms in total. The van der Waals surface area contributed by atoms with Crippen LogP contribution in [0.2, 0.25) is 0 Å². The van der Waals surface area contributed by atoms with E-state index in [9.17, 15) is 24.3 Å². The van der Waals surface area contributed by atoms with Crippen LogP contribution in [0.25, 0.3) is 0 Å². The fourth-order valence-electron chi connectivity index (χ4n) is 3.37. The number of hydrogen-bond acceptors (Lipinski definition) is 5. The first kappa shape index (κ1) is 25.2. The highest BCUT2D eigenvalue weighted by molar-refractivity contribution is 5.96. The molecule has 0 aliphatic carbocycles. The zero-order valence-corrected chi connectivity index (χ0v) is 18.9. The van der Waals surface area contributed by atoms with E-state index >= 15 is 0 Å². The number of carbonyl (C=O) groups is 4. The minimum Gasteiger partial charge on any atom is -0.480 e. The normalized spacial score (nSPS) is 12.1. The molecule has 3 N–H and O–H groups in total. The lowest BCUT2D eigenvalue weighted by molar-refractivity contribution is -0.140. The van der Waals surface area contributed by atoms with Crippen LogP contribution in [-0.2, 0) is 9.53 Å². The van der Waals surface area contributed by atoms with Crippen molar-refractivity contribution in [1.29, 1.82) is 0 Å². The Kier molecular flexibility index (Phi) is 9.13. The molecule has 3 aromatic carbocycles. The van der Waals surface area contributed by atoms with Crippen molar-refractivity contribution in [3.8, 4) is 0 Å². The fraction of sp³-hybridized carbons (Fsp3) is 0.185. The quantitative estimate of drug-likeness (QED) is 0.367. The summed E-state index contributed by atoms with van der Waals surface area (Å²) in [6.45, 7) is 0.138. The van der Waals surface area contributed by atoms with Gasteiger partial charge in [-0.2, -0.15) is 0 Å². The molecule has 0 bridgehead atoms. The van der Waals surface area contributed by atoms with E-state index in [2.05, 4.69) is 10.6 Å². The summed E-state index contributed by atoms with van der Waals surface area (Å²) >= 11 is 0. The molecule has 2 amide bonds. The molecule has 2 unspecified atom stereocenters. The lowest BCUT2D eigenvalue weighted by Crippen LogP contribution is -2.44. The minimum atomic E-state index is -1.30. The molecule has 0 spiro atoms. The number of carbonyl (C=O) groups excluding carboxylic acids is 3. The lowest BCUT2D eigenvalue weighted by atomic mass is 10.1. The second kappa shape index (κ2) is 12.7. The summed E-state index contributed by atoms with van der Waals surface area (Å²) in [5.74, 6) is -2.73. The Hall–Kier alpha value is -4.46. The van der Waals surface area contributed by atoms with Crippen molar-refractivity contribution in [3.63, 3.8) is 0 Å². The predicted molar refractivity (Wildman–Crippen MR) is 129 cm³/mol. The van der Waals surface area contributed by atoms with Gasteiger partial charge >= 0.3 is 11.9 Å². The number of nitrogens with one attached hydrogen (secondary N) is 2. The van der Waals surface area contributed by atoms with E-state index in [0.717, 1.165) is 0 Å². The van der Waals surface area contributed by atoms with Gasteiger partial charge in [0.25, 0.3) is 11.8 Å². The Morgan fingerprint density at radius 3 is 1.71 bits per heavy atom. The number of amides is 2. The second-order valence-electron chi connectivity index (χ2n) is 7.77. The van der Waals surface area contributed by atoms with Gasteiger partial charge in [-0.3, -0.25) is 9.59 Å². The van der Waals surface area contributed by atoms with E-state index in [4.69, 9.17) is 4.74 Å². The van der Waals surface area contributed by atoms with E-state index in [-0.39, 0.29) is 25.3 Å². The van der Waals surface area contributed by atoms with E-state index in [0.29, 0.717) is 16.7 Å². The van der Waals surface area contributed by atoms with Crippen LogP contribution in [0, 0.1) is 0 Å². The first-order valence-corrected chi connectivity index (χ1v) is 11.1. The summed E-state index contributed by atoms with van der Waals surface area (Å²) in [6, 6.07) is 23.8. The van der Waals surface area contributed by atoms with Crippen molar-refractivity contribution in [2.24, 2.45) is 0 Å². The smallest absolute Gasteiger partial charge is 0.338 e. The van der Waals surface area contributed by atoms with E-state index in [1.165, 1.54) is 0 Å². The molecule has 8 heteroatoms. The van der Waals surface area contributed by atoms with Gasteiger partial charge in [0.1, 0.15) is 12.1 Å². The van der Waals surface area contributed by atoms with Gasteiger partial charge in [0.15, 0.2) is 0 Å². The number of rotatable bonds is 11. The Morgan fingerprint density at radius 2 is 1.20 bits per heavy atom. The molecule has 3 rings (SSSR count). The SMILES string of the molecule is O=C(NCCC(CC(NC(=O)c1ccccc1)C(=O)O)OC(=O)c1ccccc1)c1ccccc1. The summed E-state index contributed by atoms with van der Waals surface area (Å²) in [7, 11) is 0. The van der Waals surface area contributed by atoms with E-state index in [1.807, 2.05) is 0 Å². The molecule has 180 valence electrons. The van der Waals surface area contributed by atoms with Gasteiger partial charge in [0, 0.05) is 30.5 Å². The predicted octanol–water partition coefficient (Wildman–Crippen LogP) is 3.31. The molecule has 35 heavy (non-hydrogen) atoms. The van der Waals surface area contributed by atoms with Crippen molar-refractivity contribution in [2.75, 3.05) is 6.54 Å². The maximum Gasteiger partial charge on any atom is 0.338 e. The number of esters is 1. The average Bonchev–Trinajstić information content (AvgIpc) is 2.89. The topological polar surface area (TPSA) is 122 Å². The van der Waals surface area contributed by atoms with Crippen molar-refractivity contribution < 1.29 is 29.0 Å². The summed E-state index contributed by atoms with van der Waals surface area (Å²) in [5, 5.41) is 14.9. The highest BCUT2D eigenvalue weighted by atomic mass is 16.5. The van der Waals surface area contributed by atoms with Crippen LogP contribution in [0.1, 0.15) is 43.9 Å². The van der Waals surface area contributed by atoms with Gasteiger partial charge in [-0.25, -0.2) is 9.59 Å². The van der Waals surface area contributed by atoms with Gasteiger partial charge in [0.2, 0.25) is 0 Å². The standard InChI is InChI=1S/C27H26N2O6/c30-24(19-10-4-1-5-11-19)28-17-16-22(35-27(34)21-14-8-3-9-15-21)18-23(26(32)33)29-25(31)20-12-6-2-7-13-20/h1-15,22-23H,16-18H2,(H,28,30)(H,29,31)(H,32,33). The third kappa shape index (κ3) is 7.82. The van der Waals surface area contributed by atoms with E-state index < -0.39 is 30.0 Å². The number of carboxylic acids is 1. The molecule has 2 atom stereocenters. The van der Waals surface area contributed by atoms with Crippen LogP contribution < -0.4 is 10.6 Å². The highest BCUT2D eigenvalue weighted by Gasteiger charge is 2.27. The van der Waals surface area contributed by atoms with Crippen molar-refractivity contribution in [1.82, 2.24) is 10.6 Å². The Labute approximate surface area is 202 Å². The summed E-state index contributed by atoms with van der Waals surface area (Å²) in [5.41, 5.74) is 1.10. The van der Waals surface area contributed by atoms with Gasteiger partial charge in [0.05, 0.1) is 5.56 Å². The number of ether oxygens (including phenoxy) is 1.